The highest BCUT2D eigenvalue weighted by atomic mass is 16.5. The number of para-hydroxylation sites is 1. The summed E-state index contributed by atoms with van der Waals surface area (Å²) in [7, 11) is 0. The minimum absolute atomic E-state index is 0.0876. The van der Waals surface area contributed by atoms with Crippen LogP contribution in [0.15, 0.2) is 39.8 Å². The molecule has 0 saturated carbocycles. The van der Waals surface area contributed by atoms with Crippen LogP contribution in [0.4, 0.5) is 5.82 Å². The molecule has 1 aromatic heterocycles. The Bertz CT molecular complexity index is 565. The summed E-state index contributed by atoms with van der Waals surface area (Å²) in [6.07, 6.45) is 1.57. The molecule has 0 atom stereocenters. The van der Waals surface area contributed by atoms with Gasteiger partial charge in [0.2, 0.25) is 0 Å². The van der Waals surface area contributed by atoms with Gasteiger partial charge in [-0.25, -0.2) is 4.99 Å². The van der Waals surface area contributed by atoms with Crippen LogP contribution < -0.4 is 0 Å². The number of hydrogen-bond donors (Lipinski definition) is 1. The lowest BCUT2D eigenvalue weighted by atomic mass is 9.93. The van der Waals surface area contributed by atoms with Crippen molar-refractivity contribution < 1.29 is 9.63 Å². The van der Waals surface area contributed by atoms with Crippen LogP contribution in [-0.2, 0) is 5.41 Å². The third kappa shape index (κ3) is 2.77. The van der Waals surface area contributed by atoms with Crippen LogP contribution in [0, 0.1) is 0 Å². The summed E-state index contributed by atoms with van der Waals surface area (Å²) in [4.78, 5) is 4.18. The van der Waals surface area contributed by atoms with E-state index >= 15 is 0 Å². The zero-order valence-corrected chi connectivity index (χ0v) is 10.7. The van der Waals surface area contributed by atoms with Gasteiger partial charge in [-0.2, -0.15) is 0 Å². The molecule has 1 aromatic carbocycles. The Morgan fingerprint density at radius 3 is 2.61 bits per heavy atom. The summed E-state index contributed by atoms with van der Waals surface area (Å²) in [6, 6.07) is 8.80. The van der Waals surface area contributed by atoms with Crippen molar-refractivity contribution in [2.45, 2.75) is 26.2 Å². The molecule has 0 amide bonds. The van der Waals surface area contributed by atoms with E-state index in [0.717, 1.165) is 5.76 Å². The van der Waals surface area contributed by atoms with Gasteiger partial charge < -0.3 is 9.63 Å². The summed E-state index contributed by atoms with van der Waals surface area (Å²) in [6.45, 7) is 6.14. The fourth-order valence-corrected chi connectivity index (χ4v) is 1.41. The fraction of sp³-hybridized carbons (Fsp3) is 0.286. The van der Waals surface area contributed by atoms with Gasteiger partial charge in [-0.3, -0.25) is 0 Å². The molecule has 0 unspecified atom stereocenters. The number of aromatic nitrogens is 1. The SMILES string of the molecule is CC(C)(C)c1cc(N=Cc2ccccc2O)no1. The average molecular weight is 244 g/mol. The molecule has 0 aliphatic heterocycles. The summed E-state index contributed by atoms with van der Waals surface area (Å²) in [5.41, 5.74) is 0.563. The first kappa shape index (κ1) is 12.4. The molecule has 4 nitrogen and oxygen atoms in total. The quantitative estimate of drug-likeness (QED) is 0.823. The maximum atomic E-state index is 9.59. The lowest BCUT2D eigenvalue weighted by Crippen LogP contribution is -2.08. The van der Waals surface area contributed by atoms with Gasteiger partial charge in [-0.1, -0.05) is 38.1 Å². The Balaban J connectivity index is 2.20. The first-order chi connectivity index (χ1) is 8.47. The first-order valence-electron chi connectivity index (χ1n) is 5.76. The van der Waals surface area contributed by atoms with E-state index in [9.17, 15) is 5.11 Å². The predicted molar refractivity (Wildman–Crippen MR) is 70.6 cm³/mol. The number of benzene rings is 1. The lowest BCUT2D eigenvalue weighted by molar-refractivity contribution is 0.330. The molecule has 94 valence electrons. The maximum Gasteiger partial charge on any atom is 0.195 e. The molecular formula is C14H16N2O2. The molecule has 0 aliphatic carbocycles. The molecule has 2 aromatic rings. The number of aliphatic imine (C=N–C) groups is 1. The molecule has 0 radical (unpaired) electrons. The van der Waals surface area contributed by atoms with Crippen LogP contribution in [0.3, 0.4) is 0 Å². The first-order valence-corrected chi connectivity index (χ1v) is 5.76. The maximum absolute atomic E-state index is 9.59. The van der Waals surface area contributed by atoms with Crippen molar-refractivity contribution in [1.29, 1.82) is 0 Å². The van der Waals surface area contributed by atoms with E-state index in [-0.39, 0.29) is 11.2 Å². The molecule has 4 heteroatoms. The molecule has 1 N–H and O–H groups in total. The van der Waals surface area contributed by atoms with Gasteiger partial charge in [0.15, 0.2) is 5.82 Å². The summed E-state index contributed by atoms with van der Waals surface area (Å²) < 4.78 is 5.22. The van der Waals surface area contributed by atoms with Crippen molar-refractivity contribution in [2.24, 2.45) is 4.99 Å². The minimum atomic E-state index is -0.0876. The van der Waals surface area contributed by atoms with Gasteiger partial charge >= 0.3 is 0 Å². The van der Waals surface area contributed by atoms with Crippen molar-refractivity contribution >= 4 is 12.0 Å². The molecule has 0 aliphatic rings. The molecule has 0 saturated heterocycles. The van der Waals surface area contributed by atoms with Crippen molar-refractivity contribution in [3.05, 3.63) is 41.7 Å². The van der Waals surface area contributed by atoms with Crippen LogP contribution in [0.25, 0.3) is 0 Å². The number of aromatic hydroxyl groups is 1. The average Bonchev–Trinajstić information content (AvgIpc) is 2.76. The Labute approximate surface area is 106 Å². The van der Waals surface area contributed by atoms with E-state index in [4.69, 9.17) is 4.52 Å². The van der Waals surface area contributed by atoms with Gasteiger partial charge in [0, 0.05) is 23.3 Å². The second-order valence-electron chi connectivity index (χ2n) is 5.12. The Morgan fingerprint density at radius 2 is 2.00 bits per heavy atom. The topological polar surface area (TPSA) is 58.6 Å². The van der Waals surface area contributed by atoms with Gasteiger partial charge in [0.1, 0.15) is 11.5 Å². The molecular weight excluding hydrogens is 228 g/mol. The van der Waals surface area contributed by atoms with Crippen LogP contribution in [0.1, 0.15) is 32.1 Å². The van der Waals surface area contributed by atoms with Crippen LogP contribution in [0.5, 0.6) is 5.75 Å². The standard InChI is InChI=1S/C14H16N2O2/c1-14(2,3)12-8-13(16-18-12)15-9-10-6-4-5-7-11(10)17/h4-9,17H,1-3H3. The second kappa shape index (κ2) is 4.64. The molecule has 0 spiro atoms. The van der Waals surface area contributed by atoms with Crippen LogP contribution >= 0.6 is 0 Å². The fourth-order valence-electron chi connectivity index (χ4n) is 1.41. The number of hydrogen-bond acceptors (Lipinski definition) is 4. The smallest absolute Gasteiger partial charge is 0.195 e. The van der Waals surface area contributed by atoms with Crippen molar-refractivity contribution in [3.63, 3.8) is 0 Å². The highest BCUT2D eigenvalue weighted by molar-refractivity contribution is 5.84. The Morgan fingerprint density at radius 1 is 1.28 bits per heavy atom. The monoisotopic (exact) mass is 244 g/mol. The number of rotatable bonds is 2. The Kier molecular flexibility index (Phi) is 3.19. The number of phenols is 1. The molecule has 1 heterocycles. The van der Waals surface area contributed by atoms with E-state index < -0.39 is 0 Å². The van der Waals surface area contributed by atoms with E-state index in [1.807, 2.05) is 26.8 Å². The van der Waals surface area contributed by atoms with E-state index in [1.165, 1.54) is 0 Å². The largest absolute Gasteiger partial charge is 0.507 e. The summed E-state index contributed by atoms with van der Waals surface area (Å²) in [5.74, 6) is 1.48. The van der Waals surface area contributed by atoms with Gasteiger partial charge in [-0.15, -0.1) is 0 Å². The Hall–Kier alpha value is -2.10. The predicted octanol–water partition coefficient (Wildman–Crippen LogP) is 3.43. The molecule has 0 fully saturated rings. The lowest BCUT2D eigenvalue weighted by Gasteiger charge is -2.11. The van der Waals surface area contributed by atoms with Crippen LogP contribution in [0.2, 0.25) is 0 Å². The zero-order valence-electron chi connectivity index (χ0n) is 10.7. The van der Waals surface area contributed by atoms with Gasteiger partial charge in [0.05, 0.1) is 0 Å². The third-order valence-electron chi connectivity index (χ3n) is 2.51. The van der Waals surface area contributed by atoms with E-state index in [0.29, 0.717) is 11.4 Å². The highest BCUT2D eigenvalue weighted by Crippen LogP contribution is 2.25. The number of nitrogens with zero attached hydrogens (tertiary/aromatic N) is 2. The van der Waals surface area contributed by atoms with Gasteiger partial charge in [-0.05, 0) is 12.1 Å². The normalized spacial score (nSPS) is 12.2. The summed E-state index contributed by atoms with van der Waals surface area (Å²) >= 11 is 0. The van der Waals surface area contributed by atoms with Crippen LogP contribution in [-0.4, -0.2) is 16.5 Å². The minimum Gasteiger partial charge on any atom is -0.507 e. The van der Waals surface area contributed by atoms with E-state index in [2.05, 4.69) is 10.1 Å². The van der Waals surface area contributed by atoms with Crippen molar-refractivity contribution in [3.8, 4) is 5.75 Å². The zero-order chi connectivity index (χ0) is 13.2. The van der Waals surface area contributed by atoms with E-state index in [1.54, 1.807) is 30.5 Å². The van der Waals surface area contributed by atoms with Crippen molar-refractivity contribution in [1.82, 2.24) is 5.16 Å². The molecule has 2 rings (SSSR count). The summed E-state index contributed by atoms with van der Waals surface area (Å²) in [5, 5.41) is 13.5. The molecule has 18 heavy (non-hydrogen) atoms. The molecule has 0 bridgehead atoms. The third-order valence-corrected chi connectivity index (χ3v) is 2.51. The van der Waals surface area contributed by atoms with Gasteiger partial charge in [0.25, 0.3) is 0 Å². The van der Waals surface area contributed by atoms with Crippen molar-refractivity contribution in [2.75, 3.05) is 0 Å². The highest BCUT2D eigenvalue weighted by Gasteiger charge is 2.19. The number of phenolic OH excluding ortho intramolecular Hbond substituents is 1. The second-order valence-corrected chi connectivity index (χ2v) is 5.12.